The molecule has 5 rings (SSSR count). The average Bonchev–Trinajstić information content (AvgIpc) is 3.59. The Labute approximate surface area is 199 Å². The van der Waals surface area contributed by atoms with Crippen molar-refractivity contribution < 1.29 is 18.0 Å². The molecule has 1 saturated heterocycles. The second-order valence-electron chi connectivity index (χ2n) is 7.61. The molecule has 0 radical (unpaired) electrons. The first-order valence-corrected chi connectivity index (χ1v) is 11.6. The van der Waals surface area contributed by atoms with Gasteiger partial charge in [-0.15, -0.1) is 5.10 Å². The van der Waals surface area contributed by atoms with Crippen molar-refractivity contribution in [3.63, 3.8) is 0 Å². The summed E-state index contributed by atoms with van der Waals surface area (Å²) in [6, 6.07) is 23.2. The average molecular weight is 474 g/mol. The van der Waals surface area contributed by atoms with Gasteiger partial charge in [-0.3, -0.25) is 9.69 Å². The van der Waals surface area contributed by atoms with Crippen molar-refractivity contribution >= 4 is 29.1 Å². The van der Waals surface area contributed by atoms with Crippen molar-refractivity contribution in [3.8, 4) is 11.3 Å². The van der Waals surface area contributed by atoms with E-state index in [1.165, 1.54) is 24.0 Å². The lowest BCUT2D eigenvalue weighted by Crippen LogP contribution is -2.32. The number of halogens is 1. The van der Waals surface area contributed by atoms with E-state index >= 15 is 0 Å². The minimum Gasteiger partial charge on any atom is -0.467 e. The third-order valence-corrected chi connectivity index (χ3v) is 6.44. The van der Waals surface area contributed by atoms with Crippen molar-refractivity contribution in [2.45, 2.75) is 18.2 Å². The maximum atomic E-state index is 14.0. The van der Waals surface area contributed by atoms with Crippen molar-refractivity contribution in [3.05, 3.63) is 108 Å². The molecule has 8 heteroatoms. The van der Waals surface area contributed by atoms with E-state index in [0.717, 1.165) is 5.56 Å². The third kappa shape index (κ3) is 4.87. The fourth-order valence-electron chi connectivity index (χ4n) is 3.61. The van der Waals surface area contributed by atoms with Crippen LogP contribution in [0.3, 0.4) is 0 Å². The van der Waals surface area contributed by atoms with Gasteiger partial charge in [0.25, 0.3) is 0 Å². The van der Waals surface area contributed by atoms with Crippen LogP contribution in [-0.2, 0) is 17.8 Å². The van der Waals surface area contributed by atoms with Gasteiger partial charge in [0.15, 0.2) is 5.17 Å². The van der Waals surface area contributed by atoms with Gasteiger partial charge < -0.3 is 8.83 Å². The Bertz CT molecular complexity index is 1330. The number of nitrogens with zero attached hydrogens (tertiary/aromatic N) is 3. The number of hydrogen-bond donors (Lipinski definition) is 0. The Morgan fingerprint density at radius 3 is 2.62 bits per heavy atom. The number of amides is 1. The first-order valence-electron chi connectivity index (χ1n) is 10.7. The number of carbonyl (C=O) groups is 1. The fraction of sp³-hybridized carbons (Fsp3) is 0.115. The van der Waals surface area contributed by atoms with Gasteiger partial charge in [-0.05, 0) is 48.4 Å². The van der Waals surface area contributed by atoms with Crippen LogP contribution in [0.1, 0.15) is 17.1 Å². The van der Waals surface area contributed by atoms with Crippen molar-refractivity contribution in [1.82, 2.24) is 4.90 Å². The zero-order chi connectivity index (χ0) is 23.3. The number of benzene rings is 2. The zero-order valence-corrected chi connectivity index (χ0v) is 18.8. The van der Waals surface area contributed by atoms with Gasteiger partial charge in [0.2, 0.25) is 5.91 Å². The Morgan fingerprint density at radius 2 is 1.82 bits per heavy atom. The first-order chi connectivity index (χ1) is 16.7. The van der Waals surface area contributed by atoms with Crippen molar-refractivity contribution in [2.75, 3.05) is 0 Å². The summed E-state index contributed by atoms with van der Waals surface area (Å²) in [5.74, 6) is 1.08. The number of furan rings is 2. The maximum Gasteiger partial charge on any atom is 0.242 e. The smallest absolute Gasteiger partial charge is 0.242 e. The van der Waals surface area contributed by atoms with Gasteiger partial charge in [-0.2, -0.15) is 5.10 Å². The maximum absolute atomic E-state index is 14.0. The normalized spacial score (nSPS) is 17.3. The second kappa shape index (κ2) is 9.93. The third-order valence-electron chi connectivity index (χ3n) is 5.27. The lowest BCUT2D eigenvalue weighted by Gasteiger charge is -2.14. The second-order valence-corrected chi connectivity index (χ2v) is 8.78. The van der Waals surface area contributed by atoms with Crippen LogP contribution < -0.4 is 0 Å². The van der Waals surface area contributed by atoms with E-state index in [4.69, 9.17) is 8.83 Å². The molecule has 2 aromatic carbocycles. The van der Waals surface area contributed by atoms with Crippen LogP contribution in [0.2, 0.25) is 0 Å². The summed E-state index contributed by atoms with van der Waals surface area (Å²) in [6.07, 6.45) is 3.60. The van der Waals surface area contributed by atoms with Crippen LogP contribution in [0.25, 0.3) is 11.3 Å². The van der Waals surface area contributed by atoms with Crippen LogP contribution in [0.4, 0.5) is 4.39 Å². The molecular weight excluding hydrogens is 453 g/mol. The van der Waals surface area contributed by atoms with Gasteiger partial charge in [-0.25, -0.2) is 4.39 Å². The quantitative estimate of drug-likeness (QED) is 0.253. The van der Waals surface area contributed by atoms with Gasteiger partial charge in [0.05, 0.1) is 29.8 Å². The SMILES string of the molecule is O=C1C(Cc2ccccc2)SC(=NN=Cc2ccc(-c3ccccc3F)o2)N1Cc1ccco1. The molecule has 1 fully saturated rings. The summed E-state index contributed by atoms with van der Waals surface area (Å²) < 4.78 is 25.1. The highest BCUT2D eigenvalue weighted by molar-refractivity contribution is 8.15. The highest BCUT2D eigenvalue weighted by atomic mass is 32.2. The molecule has 0 N–H and O–H groups in total. The van der Waals surface area contributed by atoms with E-state index in [1.807, 2.05) is 36.4 Å². The highest BCUT2D eigenvalue weighted by Gasteiger charge is 2.38. The lowest BCUT2D eigenvalue weighted by atomic mass is 10.1. The van der Waals surface area contributed by atoms with Crippen LogP contribution in [0.5, 0.6) is 0 Å². The monoisotopic (exact) mass is 473 g/mol. The Hall–Kier alpha value is -3.91. The number of amidine groups is 1. The summed E-state index contributed by atoms with van der Waals surface area (Å²) in [5, 5.41) is 8.62. The van der Waals surface area contributed by atoms with Gasteiger partial charge in [-0.1, -0.05) is 54.2 Å². The van der Waals surface area contributed by atoms with Crippen molar-refractivity contribution in [2.24, 2.45) is 10.2 Å². The number of rotatable bonds is 7. The van der Waals surface area contributed by atoms with Crippen LogP contribution in [0.15, 0.2) is 104 Å². The summed E-state index contributed by atoms with van der Waals surface area (Å²) in [5.41, 5.74) is 1.45. The lowest BCUT2D eigenvalue weighted by molar-refractivity contribution is -0.126. The molecule has 1 amide bonds. The zero-order valence-electron chi connectivity index (χ0n) is 18.0. The molecule has 170 valence electrons. The van der Waals surface area contributed by atoms with E-state index in [-0.39, 0.29) is 23.5 Å². The molecule has 6 nitrogen and oxygen atoms in total. The molecule has 1 atom stereocenters. The van der Waals surface area contributed by atoms with E-state index < -0.39 is 0 Å². The minimum atomic E-state index is -0.362. The highest BCUT2D eigenvalue weighted by Crippen LogP contribution is 2.31. The van der Waals surface area contributed by atoms with E-state index in [2.05, 4.69) is 10.2 Å². The van der Waals surface area contributed by atoms with E-state index in [1.54, 1.807) is 47.6 Å². The molecule has 4 aromatic rings. The van der Waals surface area contributed by atoms with Gasteiger partial charge in [0, 0.05) is 0 Å². The predicted octanol–water partition coefficient (Wildman–Crippen LogP) is 5.76. The molecule has 3 heterocycles. The standard InChI is InChI=1S/C26H20FN3O3S/c27-22-11-5-4-10-21(22)23-13-12-19(33-23)16-28-29-26-30(17-20-9-6-14-32-20)25(31)24(34-26)15-18-7-2-1-3-8-18/h1-14,16,24H,15,17H2. The molecular formula is C26H20FN3O3S. The Morgan fingerprint density at radius 1 is 1.00 bits per heavy atom. The Kier molecular flexibility index (Phi) is 6.40. The molecule has 0 saturated carbocycles. The largest absolute Gasteiger partial charge is 0.467 e. The molecule has 2 aromatic heterocycles. The topological polar surface area (TPSA) is 71.3 Å². The van der Waals surface area contributed by atoms with E-state index in [9.17, 15) is 9.18 Å². The molecule has 34 heavy (non-hydrogen) atoms. The summed E-state index contributed by atoms with van der Waals surface area (Å²) >= 11 is 1.37. The molecule has 1 unspecified atom stereocenters. The number of carbonyl (C=O) groups excluding carboxylic acids is 1. The summed E-state index contributed by atoms with van der Waals surface area (Å²) in [7, 11) is 0. The van der Waals surface area contributed by atoms with Gasteiger partial charge >= 0.3 is 0 Å². The molecule has 0 spiro atoms. The molecule has 1 aliphatic rings. The first kappa shape index (κ1) is 21.9. The number of thioether (sulfide) groups is 1. The summed E-state index contributed by atoms with van der Waals surface area (Å²) in [6.45, 7) is 0.274. The van der Waals surface area contributed by atoms with Crippen molar-refractivity contribution in [1.29, 1.82) is 0 Å². The Balaban J connectivity index is 1.35. The molecule has 0 aliphatic carbocycles. The minimum absolute atomic E-state index is 0.0426. The summed E-state index contributed by atoms with van der Waals surface area (Å²) in [4.78, 5) is 14.7. The van der Waals surface area contributed by atoms with Gasteiger partial charge in [0.1, 0.15) is 23.1 Å². The van der Waals surface area contributed by atoms with Crippen LogP contribution in [0, 0.1) is 5.82 Å². The molecule has 0 bridgehead atoms. The van der Waals surface area contributed by atoms with Crippen LogP contribution >= 0.6 is 11.8 Å². The van der Waals surface area contributed by atoms with E-state index in [0.29, 0.717) is 34.4 Å². The molecule has 1 aliphatic heterocycles. The fourth-order valence-corrected chi connectivity index (χ4v) is 4.75. The number of hydrogen-bond acceptors (Lipinski definition) is 6. The van der Waals surface area contributed by atoms with Crippen LogP contribution in [-0.4, -0.2) is 27.4 Å². The predicted molar refractivity (Wildman–Crippen MR) is 130 cm³/mol.